The fourth-order valence-corrected chi connectivity index (χ4v) is 1.12. The Kier molecular flexibility index (Phi) is 2.55. The molecule has 0 aromatic carbocycles. The predicted molar refractivity (Wildman–Crippen MR) is 36.4 cm³/mol. The van der Waals surface area contributed by atoms with Crippen molar-refractivity contribution in [1.29, 1.82) is 0 Å². The minimum atomic E-state index is 0.387. The van der Waals surface area contributed by atoms with E-state index in [4.69, 9.17) is 4.84 Å². The van der Waals surface area contributed by atoms with E-state index in [2.05, 4.69) is 11.4 Å². The summed E-state index contributed by atoms with van der Waals surface area (Å²) in [5.74, 6) is 0. The standard InChI is InChI=1S/C7H12NO/c1-2-8-9-7-5-3-4-6-7/h7H,3-6H2,1H3. The molecule has 0 spiro atoms. The Morgan fingerprint density at radius 3 is 2.67 bits per heavy atom. The van der Waals surface area contributed by atoms with Crippen LogP contribution in [0.25, 0.3) is 0 Å². The van der Waals surface area contributed by atoms with E-state index in [0.717, 1.165) is 0 Å². The lowest BCUT2D eigenvalue weighted by molar-refractivity contribution is 0.0655. The first-order chi connectivity index (χ1) is 4.43. The molecule has 51 valence electrons. The zero-order valence-corrected chi connectivity index (χ0v) is 5.76. The van der Waals surface area contributed by atoms with E-state index in [1.807, 2.05) is 0 Å². The number of hydrogen-bond donors (Lipinski definition) is 0. The molecule has 0 amide bonds. The van der Waals surface area contributed by atoms with E-state index in [1.54, 1.807) is 6.92 Å². The van der Waals surface area contributed by atoms with E-state index < -0.39 is 0 Å². The summed E-state index contributed by atoms with van der Waals surface area (Å²) in [6.07, 6.45) is 7.92. The van der Waals surface area contributed by atoms with Crippen molar-refractivity contribution in [3.8, 4) is 0 Å². The van der Waals surface area contributed by atoms with Gasteiger partial charge in [-0.3, -0.25) is 0 Å². The molecule has 0 aliphatic heterocycles. The number of nitrogens with zero attached hydrogens (tertiary/aromatic N) is 1. The van der Waals surface area contributed by atoms with E-state index in [0.29, 0.717) is 6.10 Å². The van der Waals surface area contributed by atoms with Gasteiger partial charge in [-0.15, -0.1) is 0 Å². The zero-order chi connectivity index (χ0) is 6.53. The van der Waals surface area contributed by atoms with E-state index in [-0.39, 0.29) is 0 Å². The third kappa shape index (κ3) is 2.04. The molecule has 0 bridgehead atoms. The minimum absolute atomic E-state index is 0.387. The Morgan fingerprint density at radius 2 is 2.11 bits per heavy atom. The SMILES string of the molecule is C/[C]=N/OC1CCCC1. The van der Waals surface area contributed by atoms with E-state index >= 15 is 0 Å². The maximum absolute atomic E-state index is 5.07. The first-order valence-corrected chi connectivity index (χ1v) is 3.46. The van der Waals surface area contributed by atoms with Gasteiger partial charge in [-0.25, -0.2) is 0 Å². The van der Waals surface area contributed by atoms with Crippen molar-refractivity contribution in [2.45, 2.75) is 38.7 Å². The summed E-state index contributed by atoms with van der Waals surface area (Å²) >= 11 is 0. The largest absolute Gasteiger partial charge is 0.392 e. The van der Waals surface area contributed by atoms with Crippen LogP contribution in [0.1, 0.15) is 32.6 Å². The molecule has 0 N–H and O–H groups in total. The maximum Gasteiger partial charge on any atom is 0.127 e. The van der Waals surface area contributed by atoms with Gasteiger partial charge in [0.2, 0.25) is 0 Å². The molecule has 0 saturated heterocycles. The van der Waals surface area contributed by atoms with Crippen molar-refractivity contribution in [2.24, 2.45) is 5.16 Å². The summed E-state index contributed by atoms with van der Waals surface area (Å²) in [7, 11) is 0. The van der Waals surface area contributed by atoms with Crippen molar-refractivity contribution in [3.63, 3.8) is 0 Å². The predicted octanol–water partition coefficient (Wildman–Crippen LogP) is 1.83. The van der Waals surface area contributed by atoms with Gasteiger partial charge in [-0.2, -0.15) is 0 Å². The molecular weight excluding hydrogens is 114 g/mol. The summed E-state index contributed by atoms with van der Waals surface area (Å²) in [6, 6.07) is 0. The van der Waals surface area contributed by atoms with Gasteiger partial charge in [0.1, 0.15) is 12.3 Å². The lowest BCUT2D eigenvalue weighted by Gasteiger charge is -2.03. The average Bonchev–Trinajstić information content (AvgIpc) is 2.34. The summed E-state index contributed by atoms with van der Waals surface area (Å²) in [5, 5.41) is 3.60. The Labute approximate surface area is 55.9 Å². The molecule has 0 atom stereocenters. The van der Waals surface area contributed by atoms with Crippen molar-refractivity contribution in [3.05, 3.63) is 0 Å². The van der Waals surface area contributed by atoms with Crippen LogP contribution < -0.4 is 0 Å². The van der Waals surface area contributed by atoms with Gasteiger partial charge < -0.3 is 4.84 Å². The van der Waals surface area contributed by atoms with Crippen molar-refractivity contribution >= 4 is 6.21 Å². The second-order valence-electron chi connectivity index (χ2n) is 2.33. The third-order valence-corrected chi connectivity index (χ3v) is 1.60. The second kappa shape index (κ2) is 3.49. The van der Waals surface area contributed by atoms with Crippen LogP contribution in [0.3, 0.4) is 0 Å². The quantitative estimate of drug-likeness (QED) is 0.408. The van der Waals surface area contributed by atoms with E-state index in [1.165, 1.54) is 25.7 Å². The Hall–Kier alpha value is -0.530. The molecule has 1 fully saturated rings. The van der Waals surface area contributed by atoms with Crippen molar-refractivity contribution < 1.29 is 4.84 Å². The molecule has 0 aromatic heterocycles. The topological polar surface area (TPSA) is 21.6 Å². The highest BCUT2D eigenvalue weighted by molar-refractivity contribution is 5.52. The Bertz CT molecular complexity index is 95.1. The molecule has 1 rings (SSSR count). The molecule has 2 heteroatoms. The van der Waals surface area contributed by atoms with Gasteiger partial charge in [0.15, 0.2) is 0 Å². The lowest BCUT2D eigenvalue weighted by atomic mass is 10.3. The van der Waals surface area contributed by atoms with E-state index in [9.17, 15) is 0 Å². The highest BCUT2D eigenvalue weighted by atomic mass is 16.6. The van der Waals surface area contributed by atoms with Gasteiger partial charge >= 0.3 is 0 Å². The Morgan fingerprint density at radius 1 is 1.44 bits per heavy atom. The molecular formula is C7H12NO. The molecule has 0 unspecified atom stereocenters. The third-order valence-electron chi connectivity index (χ3n) is 1.60. The second-order valence-corrected chi connectivity index (χ2v) is 2.33. The van der Waals surface area contributed by atoms with Crippen LogP contribution in [0.15, 0.2) is 5.16 Å². The molecule has 2 nitrogen and oxygen atoms in total. The summed E-state index contributed by atoms with van der Waals surface area (Å²) in [5.41, 5.74) is 0. The van der Waals surface area contributed by atoms with Gasteiger partial charge in [-0.1, -0.05) is 5.16 Å². The Balaban J connectivity index is 2.11. The molecule has 1 radical (unpaired) electrons. The van der Waals surface area contributed by atoms with Crippen LogP contribution in [-0.2, 0) is 4.84 Å². The lowest BCUT2D eigenvalue weighted by Crippen LogP contribution is -2.01. The maximum atomic E-state index is 5.07. The molecule has 1 saturated carbocycles. The smallest absolute Gasteiger partial charge is 0.127 e. The number of hydrogen-bond acceptors (Lipinski definition) is 2. The molecule has 1 aliphatic rings. The minimum Gasteiger partial charge on any atom is -0.392 e. The highest BCUT2D eigenvalue weighted by Gasteiger charge is 2.15. The fourth-order valence-electron chi connectivity index (χ4n) is 1.12. The molecule has 1 aliphatic carbocycles. The van der Waals surface area contributed by atoms with Gasteiger partial charge in [0.05, 0.1) is 0 Å². The van der Waals surface area contributed by atoms with Crippen molar-refractivity contribution in [1.82, 2.24) is 0 Å². The normalized spacial score (nSPS) is 21.4. The van der Waals surface area contributed by atoms with Crippen LogP contribution in [0.5, 0.6) is 0 Å². The van der Waals surface area contributed by atoms with Crippen LogP contribution in [0.4, 0.5) is 0 Å². The van der Waals surface area contributed by atoms with Crippen LogP contribution >= 0.6 is 0 Å². The fraction of sp³-hybridized carbons (Fsp3) is 0.857. The monoisotopic (exact) mass is 126 g/mol. The summed E-state index contributed by atoms with van der Waals surface area (Å²) < 4.78 is 0. The van der Waals surface area contributed by atoms with Gasteiger partial charge in [-0.05, 0) is 32.6 Å². The highest BCUT2D eigenvalue weighted by Crippen LogP contribution is 2.20. The summed E-state index contributed by atoms with van der Waals surface area (Å²) in [4.78, 5) is 5.07. The number of rotatable bonds is 2. The first kappa shape index (κ1) is 6.59. The molecule has 0 heterocycles. The van der Waals surface area contributed by atoms with Gasteiger partial charge in [0.25, 0.3) is 0 Å². The van der Waals surface area contributed by atoms with Crippen LogP contribution in [0.2, 0.25) is 0 Å². The van der Waals surface area contributed by atoms with Gasteiger partial charge in [0, 0.05) is 0 Å². The van der Waals surface area contributed by atoms with Crippen LogP contribution in [0, 0.1) is 0 Å². The van der Waals surface area contributed by atoms with Crippen LogP contribution in [-0.4, -0.2) is 12.3 Å². The zero-order valence-electron chi connectivity index (χ0n) is 5.76. The molecule has 9 heavy (non-hydrogen) atoms. The van der Waals surface area contributed by atoms with Crippen molar-refractivity contribution in [2.75, 3.05) is 0 Å². The first-order valence-electron chi connectivity index (χ1n) is 3.46. The molecule has 0 aromatic rings. The summed E-state index contributed by atoms with van der Waals surface area (Å²) in [6.45, 7) is 1.74. The average molecular weight is 126 g/mol.